The van der Waals surface area contributed by atoms with Crippen LogP contribution in [0.1, 0.15) is 109 Å². The van der Waals surface area contributed by atoms with Crippen molar-refractivity contribution < 1.29 is 10.4 Å². The van der Waals surface area contributed by atoms with Crippen LogP contribution in [0.3, 0.4) is 0 Å². The smallest absolute Gasteiger partial charge is 0.299 e. The number of hydrogen-bond donors (Lipinski definition) is 0. The fraction of sp³-hybridized carbons (Fsp3) is 0.271. The van der Waals surface area contributed by atoms with Crippen LogP contribution in [0.2, 0.25) is 0 Å². The summed E-state index contributed by atoms with van der Waals surface area (Å²) < 4.78 is 21.2. The van der Waals surface area contributed by atoms with Gasteiger partial charge in [0.05, 0.1) is 7.05 Å². The van der Waals surface area contributed by atoms with Gasteiger partial charge in [-0.25, -0.2) is 4.57 Å². The van der Waals surface area contributed by atoms with E-state index in [4.69, 9.17) is 4.42 Å². The molecule has 2 heterocycles. The van der Waals surface area contributed by atoms with Crippen LogP contribution in [0.25, 0.3) is 83.4 Å². The predicted octanol–water partition coefficient (Wildman–Crippen LogP) is 16.3. The molecule has 310 valence electrons. The fourth-order valence-corrected chi connectivity index (χ4v) is 10.1. The average molecular weight is 813 g/mol. The van der Waals surface area contributed by atoms with Crippen molar-refractivity contribution in [2.45, 2.75) is 91.9 Å². The van der Waals surface area contributed by atoms with Crippen LogP contribution in [0.4, 0.5) is 0 Å². The number of rotatable bonds is 8. The second kappa shape index (κ2) is 15.6. The standard InChI is InChI=1S/C59H59N2O/c1-37(2)50-34-47(44-25-23-42(24-26-44)41-19-21-43(22-20-41)45-30-32-59(6,7)33-31-45)35-51(38(3)4)56(50)61-53-17-13-12-16-52(53)60(8)58(61)55-39(5)18-28-49-48-29-27-46(36-54(48)62-57(49)55)40-14-10-9-11-15-40/h9-29,34-38,45H,30-33H2,1-8H3/q+1/i45D. The molecule has 7 aromatic carbocycles. The molecule has 0 N–H and O–H groups in total. The zero-order chi connectivity index (χ0) is 43.8. The monoisotopic (exact) mass is 812 g/mol. The molecule has 1 fully saturated rings. The lowest BCUT2D eigenvalue weighted by atomic mass is 9.71. The van der Waals surface area contributed by atoms with Gasteiger partial charge in [-0.05, 0) is 137 Å². The van der Waals surface area contributed by atoms with Crippen molar-refractivity contribution >= 4 is 33.0 Å². The molecule has 2 aromatic heterocycles. The Kier molecular flexibility index (Phi) is 9.75. The summed E-state index contributed by atoms with van der Waals surface area (Å²) in [4.78, 5) is 0. The van der Waals surface area contributed by atoms with E-state index in [0.717, 1.165) is 70.1 Å². The van der Waals surface area contributed by atoms with Crippen LogP contribution < -0.4 is 4.57 Å². The topological polar surface area (TPSA) is 21.9 Å². The lowest BCUT2D eigenvalue weighted by molar-refractivity contribution is -0.633. The van der Waals surface area contributed by atoms with Gasteiger partial charge in [-0.2, -0.15) is 4.57 Å². The van der Waals surface area contributed by atoms with Crippen LogP contribution in [0, 0.1) is 12.3 Å². The Balaban J connectivity index is 1.09. The summed E-state index contributed by atoms with van der Waals surface area (Å²) in [6.07, 6.45) is 4.07. The maximum Gasteiger partial charge on any atom is 0.299 e. The molecule has 1 aliphatic carbocycles. The van der Waals surface area contributed by atoms with Crippen LogP contribution in [0.15, 0.2) is 150 Å². The normalized spacial score (nSPS) is 15.3. The van der Waals surface area contributed by atoms with Crippen LogP contribution >= 0.6 is 0 Å². The van der Waals surface area contributed by atoms with Crippen LogP contribution in [-0.2, 0) is 7.05 Å². The van der Waals surface area contributed by atoms with E-state index in [1.54, 1.807) is 0 Å². The van der Waals surface area contributed by atoms with E-state index in [0.29, 0.717) is 5.41 Å². The molecule has 9 aromatic rings. The van der Waals surface area contributed by atoms with Gasteiger partial charge in [0.15, 0.2) is 16.6 Å². The second-order valence-corrected chi connectivity index (χ2v) is 19.3. The maximum absolute atomic E-state index is 9.28. The van der Waals surface area contributed by atoms with Crippen molar-refractivity contribution in [3.8, 4) is 50.5 Å². The summed E-state index contributed by atoms with van der Waals surface area (Å²) in [5.74, 6) is 1.14. The first-order valence-electron chi connectivity index (χ1n) is 23.2. The Morgan fingerprint density at radius 1 is 0.629 bits per heavy atom. The van der Waals surface area contributed by atoms with Gasteiger partial charge in [-0.3, -0.25) is 0 Å². The van der Waals surface area contributed by atoms with Gasteiger partial charge in [-0.1, -0.05) is 151 Å². The first kappa shape index (κ1) is 38.7. The van der Waals surface area contributed by atoms with E-state index in [-0.39, 0.29) is 11.8 Å². The zero-order valence-electron chi connectivity index (χ0n) is 38.6. The number of para-hydroxylation sites is 2. The fourth-order valence-electron chi connectivity index (χ4n) is 10.1. The van der Waals surface area contributed by atoms with Gasteiger partial charge in [0.2, 0.25) is 0 Å². The van der Waals surface area contributed by atoms with E-state index in [1.165, 1.54) is 61.2 Å². The van der Waals surface area contributed by atoms with Crippen molar-refractivity contribution in [1.29, 1.82) is 0 Å². The largest absolute Gasteiger partial charge is 0.455 e. The lowest BCUT2D eigenvalue weighted by Crippen LogP contribution is -2.30. The molecule has 0 aliphatic heterocycles. The van der Waals surface area contributed by atoms with Gasteiger partial charge < -0.3 is 4.42 Å². The molecule has 10 rings (SSSR count). The summed E-state index contributed by atoms with van der Waals surface area (Å²) in [5, 5.41) is 2.25. The summed E-state index contributed by atoms with van der Waals surface area (Å²) in [6.45, 7) is 16.2. The number of aromatic nitrogens is 2. The van der Waals surface area contributed by atoms with Gasteiger partial charge in [0.1, 0.15) is 16.8 Å². The molecule has 0 radical (unpaired) electrons. The highest BCUT2D eigenvalue weighted by Crippen LogP contribution is 2.45. The summed E-state index contributed by atoms with van der Waals surface area (Å²) in [5.41, 5.74) is 19.0. The molecule has 1 saturated carbocycles. The molecule has 0 spiro atoms. The third kappa shape index (κ3) is 6.96. The van der Waals surface area contributed by atoms with Crippen molar-refractivity contribution in [3.63, 3.8) is 0 Å². The zero-order valence-corrected chi connectivity index (χ0v) is 37.6. The maximum atomic E-state index is 9.28. The minimum Gasteiger partial charge on any atom is -0.455 e. The highest BCUT2D eigenvalue weighted by Gasteiger charge is 2.34. The van der Waals surface area contributed by atoms with Gasteiger partial charge in [0, 0.05) is 23.3 Å². The number of fused-ring (bicyclic) bond motifs is 4. The second-order valence-electron chi connectivity index (χ2n) is 19.3. The predicted molar refractivity (Wildman–Crippen MR) is 261 cm³/mol. The Morgan fingerprint density at radius 2 is 1.18 bits per heavy atom. The number of furan rings is 1. The van der Waals surface area contributed by atoms with Gasteiger partial charge in [0.25, 0.3) is 5.82 Å². The molecule has 1 aliphatic rings. The lowest BCUT2D eigenvalue weighted by Gasteiger charge is -2.34. The number of aryl methyl sites for hydroxylation is 2. The Labute approximate surface area is 369 Å². The molecule has 62 heavy (non-hydrogen) atoms. The summed E-state index contributed by atoms with van der Waals surface area (Å²) >= 11 is 0. The molecule has 3 heteroatoms. The van der Waals surface area contributed by atoms with Crippen molar-refractivity contribution in [1.82, 2.24) is 4.57 Å². The van der Waals surface area contributed by atoms with Crippen LogP contribution in [0.5, 0.6) is 0 Å². The number of imidazole rings is 1. The molecular formula is C59H59N2O+. The quantitative estimate of drug-likeness (QED) is 0.140. The molecule has 3 nitrogen and oxygen atoms in total. The minimum atomic E-state index is -0.482. The number of hydrogen-bond acceptors (Lipinski definition) is 1. The average Bonchev–Trinajstić information content (AvgIpc) is 3.81. The van der Waals surface area contributed by atoms with E-state index in [1.807, 2.05) is 0 Å². The highest BCUT2D eigenvalue weighted by molar-refractivity contribution is 6.10. The summed E-state index contributed by atoms with van der Waals surface area (Å²) in [7, 11) is 2.21. The molecule has 0 atom stereocenters. The van der Waals surface area contributed by atoms with E-state index in [9.17, 15) is 1.37 Å². The first-order valence-corrected chi connectivity index (χ1v) is 22.7. The van der Waals surface area contributed by atoms with Gasteiger partial charge in [-0.15, -0.1) is 0 Å². The first-order chi connectivity index (χ1) is 30.3. The Bertz CT molecular complexity index is 3120. The van der Waals surface area contributed by atoms with Crippen LogP contribution in [-0.4, -0.2) is 4.57 Å². The Hall–Kier alpha value is -6.19. The van der Waals surface area contributed by atoms with Crippen molar-refractivity contribution in [2.24, 2.45) is 12.5 Å². The minimum absolute atomic E-state index is 0.254. The Morgan fingerprint density at radius 3 is 1.82 bits per heavy atom. The molecule has 0 bridgehead atoms. The summed E-state index contributed by atoms with van der Waals surface area (Å²) in [6, 6.07) is 53.3. The van der Waals surface area contributed by atoms with E-state index in [2.05, 4.69) is 210 Å². The third-order valence-electron chi connectivity index (χ3n) is 13.9. The number of benzene rings is 7. The highest BCUT2D eigenvalue weighted by atomic mass is 16.3. The SMILES string of the molecule is [2H]C1(c2ccc(-c3ccc(-c4cc(C(C)C)c(-n5c(-c6c(C)ccc7c6oc6cc(-c8ccccc8)ccc67)[n+](C)c6ccccc65)c(C(C)C)c4)cc3)cc2)CCC(C)(C)CC1. The van der Waals surface area contributed by atoms with Crippen molar-refractivity contribution in [2.75, 3.05) is 0 Å². The molecular weight excluding hydrogens is 753 g/mol. The molecule has 0 amide bonds. The third-order valence-corrected chi connectivity index (χ3v) is 13.9. The molecule has 0 saturated heterocycles. The number of nitrogens with zero attached hydrogens (tertiary/aromatic N) is 2. The van der Waals surface area contributed by atoms with E-state index < -0.39 is 5.89 Å². The molecule has 0 unspecified atom stereocenters. The van der Waals surface area contributed by atoms with Gasteiger partial charge >= 0.3 is 0 Å². The van der Waals surface area contributed by atoms with E-state index >= 15 is 0 Å². The van der Waals surface area contributed by atoms with Crippen molar-refractivity contribution in [3.05, 3.63) is 168 Å².